The van der Waals surface area contributed by atoms with E-state index in [0.29, 0.717) is 21.7 Å². The molecule has 3 aromatic rings. The first-order chi connectivity index (χ1) is 11.1. The number of halogens is 1. The van der Waals surface area contributed by atoms with E-state index in [1.807, 2.05) is 0 Å². The highest BCUT2D eigenvalue weighted by Crippen LogP contribution is 2.10. The molecular weight excluding hydrogens is 318 g/mol. The van der Waals surface area contributed by atoms with Crippen LogP contribution in [0.5, 0.6) is 0 Å². The molecule has 23 heavy (non-hydrogen) atoms. The zero-order valence-corrected chi connectivity index (χ0v) is 12.7. The monoisotopic (exact) mass is 329 g/mol. The van der Waals surface area contributed by atoms with Gasteiger partial charge in [0.15, 0.2) is 0 Å². The zero-order chi connectivity index (χ0) is 16.2. The molecule has 0 saturated carbocycles. The van der Waals surface area contributed by atoms with Crippen molar-refractivity contribution in [1.29, 1.82) is 0 Å². The van der Waals surface area contributed by atoms with Gasteiger partial charge in [-0.05, 0) is 24.3 Å². The van der Waals surface area contributed by atoms with Gasteiger partial charge in [0.05, 0.1) is 23.8 Å². The van der Waals surface area contributed by atoms with Crippen LogP contribution in [0.3, 0.4) is 0 Å². The van der Waals surface area contributed by atoms with Crippen LogP contribution in [-0.4, -0.2) is 25.9 Å². The first-order valence-corrected chi connectivity index (χ1v) is 7.25. The molecule has 1 N–H and O–H groups in total. The molecule has 0 aliphatic carbocycles. The second-order valence-electron chi connectivity index (χ2n) is 4.80. The van der Waals surface area contributed by atoms with Crippen molar-refractivity contribution < 1.29 is 4.79 Å². The van der Waals surface area contributed by atoms with Gasteiger partial charge in [-0.15, -0.1) is 5.10 Å². The van der Waals surface area contributed by atoms with Gasteiger partial charge < -0.3 is 5.32 Å². The van der Waals surface area contributed by atoms with Crippen molar-refractivity contribution in [3.8, 4) is 0 Å². The molecular formula is C15H12ClN5O2. The summed E-state index contributed by atoms with van der Waals surface area (Å²) >= 11 is 5.68. The topological polar surface area (TPSA) is 89.8 Å². The number of rotatable bonds is 4. The van der Waals surface area contributed by atoms with E-state index in [1.165, 1.54) is 10.9 Å². The van der Waals surface area contributed by atoms with E-state index in [4.69, 9.17) is 11.6 Å². The number of amides is 1. The average Bonchev–Trinajstić information content (AvgIpc) is 2.57. The van der Waals surface area contributed by atoms with Crippen molar-refractivity contribution in [3.05, 3.63) is 58.1 Å². The van der Waals surface area contributed by atoms with Gasteiger partial charge in [0.1, 0.15) is 10.7 Å². The van der Waals surface area contributed by atoms with Crippen LogP contribution in [0, 0.1) is 0 Å². The van der Waals surface area contributed by atoms with Crippen LogP contribution < -0.4 is 10.9 Å². The molecule has 2 heterocycles. The highest BCUT2D eigenvalue weighted by molar-refractivity contribution is 6.29. The number of benzene rings is 1. The maximum Gasteiger partial charge on any atom is 0.277 e. The normalized spacial score (nSPS) is 10.7. The Balaban J connectivity index is 1.68. The van der Waals surface area contributed by atoms with Crippen LogP contribution in [0.2, 0.25) is 5.15 Å². The molecule has 0 spiro atoms. The van der Waals surface area contributed by atoms with Gasteiger partial charge in [-0.3, -0.25) is 9.59 Å². The van der Waals surface area contributed by atoms with Crippen molar-refractivity contribution >= 4 is 34.1 Å². The SMILES string of the molecule is O=C(CCn1nnc2ccccc2c1=O)Nc1ccc(Cl)nc1. The van der Waals surface area contributed by atoms with Gasteiger partial charge in [-0.2, -0.15) is 0 Å². The largest absolute Gasteiger partial charge is 0.325 e. The zero-order valence-electron chi connectivity index (χ0n) is 11.9. The Hall–Kier alpha value is -2.80. The molecule has 0 aliphatic rings. The molecule has 0 saturated heterocycles. The number of hydrogen-bond donors (Lipinski definition) is 1. The first-order valence-electron chi connectivity index (χ1n) is 6.87. The predicted octanol–water partition coefficient (Wildman–Crippen LogP) is 1.87. The van der Waals surface area contributed by atoms with E-state index in [9.17, 15) is 9.59 Å². The number of anilines is 1. The molecule has 1 amide bonds. The van der Waals surface area contributed by atoms with Gasteiger partial charge in [-0.25, -0.2) is 9.67 Å². The molecule has 0 radical (unpaired) electrons. The number of nitrogens with one attached hydrogen (secondary N) is 1. The van der Waals surface area contributed by atoms with E-state index >= 15 is 0 Å². The Morgan fingerprint density at radius 1 is 1.22 bits per heavy atom. The second kappa shape index (κ2) is 6.53. The lowest BCUT2D eigenvalue weighted by Crippen LogP contribution is -2.26. The van der Waals surface area contributed by atoms with Crippen LogP contribution in [-0.2, 0) is 11.3 Å². The van der Waals surface area contributed by atoms with Gasteiger partial charge in [0, 0.05) is 6.42 Å². The Kier molecular flexibility index (Phi) is 4.29. The van der Waals surface area contributed by atoms with Crippen molar-refractivity contribution in [2.45, 2.75) is 13.0 Å². The van der Waals surface area contributed by atoms with Gasteiger partial charge >= 0.3 is 0 Å². The first kappa shape index (κ1) is 15.1. The van der Waals surface area contributed by atoms with Crippen molar-refractivity contribution in [3.63, 3.8) is 0 Å². The summed E-state index contributed by atoms with van der Waals surface area (Å²) < 4.78 is 1.18. The summed E-state index contributed by atoms with van der Waals surface area (Å²) in [7, 11) is 0. The molecule has 0 atom stereocenters. The lowest BCUT2D eigenvalue weighted by molar-refractivity contribution is -0.116. The molecule has 7 nitrogen and oxygen atoms in total. The summed E-state index contributed by atoms with van der Waals surface area (Å²) in [4.78, 5) is 28.0. The van der Waals surface area contributed by atoms with Crippen molar-refractivity contribution in [1.82, 2.24) is 20.0 Å². The Morgan fingerprint density at radius 2 is 2.04 bits per heavy atom. The molecule has 116 valence electrons. The van der Waals surface area contributed by atoms with Gasteiger partial charge in [0.25, 0.3) is 5.56 Å². The van der Waals surface area contributed by atoms with E-state index in [-0.39, 0.29) is 24.4 Å². The van der Waals surface area contributed by atoms with Crippen molar-refractivity contribution in [2.24, 2.45) is 0 Å². The number of fused-ring (bicyclic) bond motifs is 1. The summed E-state index contributed by atoms with van der Waals surface area (Å²) in [6, 6.07) is 10.2. The Labute approximate surface area is 135 Å². The molecule has 1 aromatic carbocycles. The summed E-state index contributed by atoms with van der Waals surface area (Å²) in [6.07, 6.45) is 1.55. The number of pyridine rings is 1. The smallest absolute Gasteiger partial charge is 0.277 e. The molecule has 0 fully saturated rings. The third-order valence-corrected chi connectivity index (χ3v) is 3.41. The quantitative estimate of drug-likeness (QED) is 0.738. The average molecular weight is 330 g/mol. The molecule has 3 rings (SSSR count). The lowest BCUT2D eigenvalue weighted by atomic mass is 10.2. The van der Waals surface area contributed by atoms with Crippen LogP contribution in [0.15, 0.2) is 47.4 Å². The fraction of sp³-hybridized carbons (Fsp3) is 0.133. The maximum atomic E-state index is 12.2. The summed E-state index contributed by atoms with van der Waals surface area (Å²) in [5.74, 6) is -0.254. The minimum atomic E-state index is -0.267. The van der Waals surface area contributed by atoms with Gasteiger partial charge in [0.2, 0.25) is 5.91 Å². The number of carbonyl (C=O) groups excluding carboxylic acids is 1. The fourth-order valence-electron chi connectivity index (χ4n) is 2.05. The molecule has 2 aromatic heterocycles. The molecule has 8 heteroatoms. The van der Waals surface area contributed by atoms with Crippen LogP contribution >= 0.6 is 11.6 Å². The van der Waals surface area contributed by atoms with Crippen molar-refractivity contribution in [2.75, 3.05) is 5.32 Å². The standard InChI is InChI=1S/C15H12ClN5O2/c16-13-6-5-10(9-17-13)18-14(22)7-8-21-15(23)11-3-1-2-4-12(11)19-20-21/h1-6,9H,7-8H2,(H,18,22). The molecule has 0 unspecified atom stereocenters. The van der Waals surface area contributed by atoms with Crippen LogP contribution in [0.25, 0.3) is 10.9 Å². The maximum absolute atomic E-state index is 12.2. The third-order valence-electron chi connectivity index (χ3n) is 3.19. The van der Waals surface area contributed by atoms with E-state index in [1.54, 1.807) is 36.4 Å². The van der Waals surface area contributed by atoms with Crippen LogP contribution in [0.4, 0.5) is 5.69 Å². The number of carbonyl (C=O) groups is 1. The Bertz CT molecular complexity index is 908. The minimum absolute atomic E-state index is 0.0928. The highest BCUT2D eigenvalue weighted by atomic mass is 35.5. The summed E-state index contributed by atoms with van der Waals surface area (Å²) in [6.45, 7) is 0.142. The Morgan fingerprint density at radius 3 is 2.83 bits per heavy atom. The molecule has 0 bridgehead atoms. The van der Waals surface area contributed by atoms with Crippen LogP contribution in [0.1, 0.15) is 6.42 Å². The summed E-state index contributed by atoms with van der Waals surface area (Å²) in [5.41, 5.74) is 0.804. The predicted molar refractivity (Wildman–Crippen MR) is 86.3 cm³/mol. The van der Waals surface area contributed by atoms with E-state index < -0.39 is 0 Å². The fourth-order valence-corrected chi connectivity index (χ4v) is 2.16. The third kappa shape index (κ3) is 3.51. The highest BCUT2D eigenvalue weighted by Gasteiger charge is 2.08. The number of aryl methyl sites for hydroxylation is 1. The van der Waals surface area contributed by atoms with E-state index in [2.05, 4.69) is 20.6 Å². The number of aromatic nitrogens is 4. The number of hydrogen-bond acceptors (Lipinski definition) is 5. The summed E-state index contributed by atoms with van der Waals surface area (Å²) in [5, 5.41) is 11.3. The van der Waals surface area contributed by atoms with E-state index in [0.717, 1.165) is 0 Å². The lowest BCUT2D eigenvalue weighted by Gasteiger charge is -2.06. The number of nitrogens with zero attached hydrogens (tertiary/aromatic N) is 4. The second-order valence-corrected chi connectivity index (χ2v) is 5.19. The van der Waals surface area contributed by atoms with Gasteiger partial charge in [-0.1, -0.05) is 28.9 Å². The molecule has 0 aliphatic heterocycles. The minimum Gasteiger partial charge on any atom is -0.325 e.